The number of aliphatic hydroxyl groups is 2. The first-order chi connectivity index (χ1) is 14.4. The van der Waals surface area contributed by atoms with E-state index in [1.54, 1.807) is 0 Å². The Kier molecular flexibility index (Phi) is 7.75. The summed E-state index contributed by atoms with van der Waals surface area (Å²) in [5, 5.41) is 21.3. The first-order valence-electron chi connectivity index (χ1n) is 9.71. The van der Waals surface area contributed by atoms with Crippen LogP contribution < -0.4 is 5.32 Å². The van der Waals surface area contributed by atoms with Gasteiger partial charge in [0.05, 0.1) is 19.8 Å². The summed E-state index contributed by atoms with van der Waals surface area (Å²) in [6.45, 7) is 1.97. The number of benzene rings is 1. The van der Waals surface area contributed by atoms with Crippen molar-refractivity contribution in [2.45, 2.75) is 56.9 Å². The Balaban J connectivity index is 1.84. The van der Waals surface area contributed by atoms with Crippen LogP contribution in [-0.2, 0) is 33.3 Å². The molecule has 0 spiro atoms. The van der Waals surface area contributed by atoms with Crippen molar-refractivity contribution in [1.82, 2.24) is 5.32 Å². The molecule has 166 valence electrons. The number of nitrogens with one attached hydrogen (secondary N) is 1. The number of aliphatic hydroxyl groups excluding tert-OH is 2. The Morgan fingerprint density at radius 3 is 2.60 bits per heavy atom. The number of ether oxygens (including phenoxy) is 5. The van der Waals surface area contributed by atoms with Crippen LogP contribution in [-0.4, -0.2) is 78.7 Å². The van der Waals surface area contributed by atoms with Crippen LogP contribution in [0.5, 0.6) is 0 Å². The molecular weight excluding hydrogens is 398 g/mol. The van der Waals surface area contributed by atoms with Crippen molar-refractivity contribution in [3.05, 3.63) is 35.9 Å². The summed E-state index contributed by atoms with van der Waals surface area (Å²) in [5.74, 6) is -0.946. The Bertz CT molecular complexity index is 715. The monoisotopic (exact) mass is 425 g/mol. The van der Waals surface area contributed by atoms with Crippen LogP contribution in [0.4, 0.5) is 0 Å². The van der Waals surface area contributed by atoms with Gasteiger partial charge in [0, 0.05) is 19.4 Å². The van der Waals surface area contributed by atoms with Gasteiger partial charge in [0.2, 0.25) is 5.91 Å². The molecule has 0 aliphatic carbocycles. The summed E-state index contributed by atoms with van der Waals surface area (Å²) in [4.78, 5) is 23.6. The number of hydrogen-bond donors (Lipinski definition) is 3. The molecule has 0 bridgehead atoms. The van der Waals surface area contributed by atoms with Gasteiger partial charge in [-0.2, -0.15) is 0 Å². The molecule has 0 saturated carbocycles. The van der Waals surface area contributed by atoms with E-state index in [4.69, 9.17) is 28.8 Å². The van der Waals surface area contributed by atoms with Gasteiger partial charge in [0.15, 0.2) is 18.7 Å². The lowest BCUT2D eigenvalue weighted by Gasteiger charge is -2.48. The fourth-order valence-electron chi connectivity index (χ4n) is 3.47. The largest absolute Gasteiger partial charge is 0.457 e. The van der Waals surface area contributed by atoms with Crippen molar-refractivity contribution in [1.29, 1.82) is 0 Å². The molecule has 10 heteroatoms. The second-order valence-corrected chi connectivity index (χ2v) is 7.19. The summed E-state index contributed by atoms with van der Waals surface area (Å²) >= 11 is 0. The van der Waals surface area contributed by atoms with Gasteiger partial charge in [0.25, 0.3) is 0 Å². The Labute approximate surface area is 174 Å². The van der Waals surface area contributed by atoms with Crippen molar-refractivity contribution in [3.8, 4) is 0 Å². The van der Waals surface area contributed by atoms with Gasteiger partial charge in [-0.05, 0) is 0 Å². The molecule has 1 aromatic rings. The van der Waals surface area contributed by atoms with E-state index in [1.807, 2.05) is 30.3 Å². The normalized spacial score (nSPS) is 32.0. The van der Waals surface area contributed by atoms with E-state index < -0.39 is 55.6 Å². The quantitative estimate of drug-likeness (QED) is 0.501. The molecule has 2 aliphatic heterocycles. The lowest BCUT2D eigenvalue weighted by molar-refractivity contribution is -0.346. The van der Waals surface area contributed by atoms with Gasteiger partial charge >= 0.3 is 5.97 Å². The second-order valence-electron chi connectivity index (χ2n) is 7.19. The van der Waals surface area contributed by atoms with Crippen LogP contribution in [0.15, 0.2) is 30.3 Å². The molecule has 3 N–H and O–H groups in total. The molecule has 2 aliphatic rings. The van der Waals surface area contributed by atoms with Crippen LogP contribution in [0.25, 0.3) is 0 Å². The summed E-state index contributed by atoms with van der Waals surface area (Å²) in [6, 6.07) is 8.38. The first-order valence-corrected chi connectivity index (χ1v) is 9.71. The minimum Gasteiger partial charge on any atom is -0.457 e. The summed E-state index contributed by atoms with van der Waals surface area (Å²) in [6.07, 6.45) is -5.17. The third-order valence-corrected chi connectivity index (χ3v) is 4.75. The van der Waals surface area contributed by atoms with Crippen LogP contribution in [0.1, 0.15) is 25.7 Å². The van der Waals surface area contributed by atoms with Gasteiger partial charge in [-0.25, -0.2) is 0 Å². The number of rotatable bonds is 7. The van der Waals surface area contributed by atoms with Crippen molar-refractivity contribution in [3.63, 3.8) is 0 Å². The molecule has 3 rings (SSSR count). The van der Waals surface area contributed by atoms with E-state index in [0.717, 1.165) is 5.56 Å². The molecule has 10 nitrogen and oxygen atoms in total. The molecule has 2 fully saturated rings. The van der Waals surface area contributed by atoms with E-state index in [-0.39, 0.29) is 19.1 Å². The zero-order chi connectivity index (χ0) is 21.7. The number of amides is 1. The third kappa shape index (κ3) is 5.54. The van der Waals surface area contributed by atoms with Crippen LogP contribution in [0.3, 0.4) is 0 Å². The summed E-state index contributed by atoms with van der Waals surface area (Å²) in [7, 11) is 0. The topological polar surface area (TPSA) is 133 Å². The smallest absolute Gasteiger partial charge is 0.303 e. The van der Waals surface area contributed by atoms with E-state index in [0.29, 0.717) is 0 Å². The molecule has 0 radical (unpaired) electrons. The zero-order valence-corrected chi connectivity index (χ0v) is 16.8. The fraction of sp³-hybridized carbons (Fsp3) is 0.600. The Morgan fingerprint density at radius 1 is 1.23 bits per heavy atom. The fourth-order valence-corrected chi connectivity index (χ4v) is 3.47. The SMILES string of the molecule is CC(=O)N[C@H]1[C@H](OC[C@H](O)CO)O[C@@H]2CO[C@@H](c3ccccc3)O[C@H]2[C@@H]1OC(C)=O. The molecule has 1 aromatic carbocycles. The molecule has 7 atom stereocenters. The molecule has 0 aromatic heterocycles. The maximum absolute atomic E-state index is 11.8. The highest BCUT2D eigenvalue weighted by molar-refractivity contribution is 5.73. The maximum Gasteiger partial charge on any atom is 0.303 e. The van der Waals surface area contributed by atoms with Crippen molar-refractivity contribution in [2.24, 2.45) is 0 Å². The lowest BCUT2D eigenvalue weighted by Crippen LogP contribution is -2.67. The molecule has 1 amide bonds. The predicted octanol–water partition coefficient (Wildman–Crippen LogP) is -0.368. The highest BCUT2D eigenvalue weighted by Crippen LogP contribution is 2.35. The van der Waals surface area contributed by atoms with Gasteiger partial charge in [-0.3, -0.25) is 9.59 Å². The van der Waals surface area contributed by atoms with Crippen molar-refractivity contribution >= 4 is 11.9 Å². The van der Waals surface area contributed by atoms with Crippen molar-refractivity contribution in [2.75, 3.05) is 19.8 Å². The molecule has 30 heavy (non-hydrogen) atoms. The average Bonchev–Trinajstić information content (AvgIpc) is 2.73. The highest BCUT2D eigenvalue weighted by atomic mass is 16.8. The van der Waals surface area contributed by atoms with Crippen LogP contribution in [0.2, 0.25) is 0 Å². The third-order valence-electron chi connectivity index (χ3n) is 4.75. The van der Waals surface area contributed by atoms with Crippen LogP contribution in [0, 0.1) is 0 Å². The number of hydrogen-bond acceptors (Lipinski definition) is 9. The Hall–Kier alpha value is -2.08. The van der Waals surface area contributed by atoms with Gasteiger partial charge in [-0.15, -0.1) is 0 Å². The zero-order valence-electron chi connectivity index (χ0n) is 16.8. The minimum atomic E-state index is -1.13. The Morgan fingerprint density at radius 2 is 1.97 bits per heavy atom. The highest BCUT2D eigenvalue weighted by Gasteiger charge is 2.52. The van der Waals surface area contributed by atoms with Gasteiger partial charge in [-0.1, -0.05) is 30.3 Å². The van der Waals surface area contributed by atoms with Gasteiger partial charge in [0.1, 0.15) is 24.4 Å². The average molecular weight is 425 g/mol. The standard InChI is InChI=1S/C20H27NO9/c1-11(23)21-16-18(28-12(2)24)17-15(29-20(16)26-9-14(25)8-22)10-27-19(30-17)13-6-4-3-5-7-13/h3-7,14-20,22,25H,8-10H2,1-2H3,(H,21,23)/t14-,15-,16-,17-,18-,19-,20-/m1/s1. The van der Waals surface area contributed by atoms with E-state index in [2.05, 4.69) is 5.32 Å². The number of carbonyl (C=O) groups is 2. The van der Waals surface area contributed by atoms with Gasteiger partial charge < -0.3 is 39.2 Å². The molecule has 2 heterocycles. The predicted molar refractivity (Wildman–Crippen MR) is 101 cm³/mol. The van der Waals surface area contributed by atoms with Crippen molar-refractivity contribution < 1.29 is 43.5 Å². The lowest BCUT2D eigenvalue weighted by atomic mass is 9.95. The number of esters is 1. The van der Waals surface area contributed by atoms with Crippen LogP contribution >= 0.6 is 0 Å². The number of fused-ring (bicyclic) bond motifs is 1. The molecule has 2 saturated heterocycles. The second kappa shape index (κ2) is 10.3. The molecule has 0 unspecified atom stereocenters. The summed E-state index contributed by atoms with van der Waals surface area (Å²) < 4.78 is 28.9. The first kappa shape index (κ1) is 22.6. The maximum atomic E-state index is 11.8. The van der Waals surface area contributed by atoms with E-state index in [9.17, 15) is 14.7 Å². The summed E-state index contributed by atoms with van der Waals surface area (Å²) in [5.41, 5.74) is 0.790. The minimum absolute atomic E-state index is 0.136. The van der Waals surface area contributed by atoms with E-state index in [1.165, 1.54) is 13.8 Å². The molecular formula is C20H27NO9. The van der Waals surface area contributed by atoms with E-state index >= 15 is 0 Å². The number of carbonyl (C=O) groups excluding carboxylic acids is 2.